The maximum absolute atomic E-state index is 13.7. The van der Waals surface area contributed by atoms with Crippen molar-refractivity contribution in [3.8, 4) is 11.5 Å². The molecule has 0 aliphatic carbocycles. The first kappa shape index (κ1) is 18.3. The number of rotatable bonds is 6. The first-order chi connectivity index (χ1) is 13.1. The van der Waals surface area contributed by atoms with Gasteiger partial charge in [0.1, 0.15) is 5.82 Å². The number of hydrogen-bond acceptors (Lipinski definition) is 4. The van der Waals surface area contributed by atoms with Gasteiger partial charge < -0.3 is 20.1 Å². The summed E-state index contributed by atoms with van der Waals surface area (Å²) in [6.07, 6.45) is 0. The Bertz CT molecular complexity index is 942. The van der Waals surface area contributed by atoms with Crippen molar-refractivity contribution in [2.75, 3.05) is 24.9 Å². The normalized spacial score (nSPS) is 10.2. The lowest BCUT2D eigenvalue weighted by molar-refractivity contribution is 0.102. The molecule has 1 amide bonds. The topological polar surface area (TPSA) is 59.6 Å². The second kappa shape index (κ2) is 8.23. The van der Waals surface area contributed by atoms with Gasteiger partial charge in [0.05, 0.1) is 19.8 Å². The molecule has 0 radical (unpaired) electrons. The average Bonchev–Trinajstić information content (AvgIpc) is 2.69. The maximum Gasteiger partial charge on any atom is 0.258 e. The minimum absolute atomic E-state index is 0.00466. The molecule has 0 aromatic heterocycles. The summed E-state index contributed by atoms with van der Waals surface area (Å²) in [5.74, 6) is 0.223. The second-order valence-corrected chi connectivity index (χ2v) is 5.71. The van der Waals surface area contributed by atoms with E-state index in [-0.39, 0.29) is 5.56 Å². The first-order valence-corrected chi connectivity index (χ1v) is 8.25. The fourth-order valence-corrected chi connectivity index (χ4v) is 2.56. The van der Waals surface area contributed by atoms with Gasteiger partial charge >= 0.3 is 0 Å². The molecule has 27 heavy (non-hydrogen) atoms. The van der Waals surface area contributed by atoms with Gasteiger partial charge in [-0.2, -0.15) is 0 Å². The van der Waals surface area contributed by atoms with E-state index in [2.05, 4.69) is 10.6 Å². The number of anilines is 3. The van der Waals surface area contributed by atoms with E-state index in [1.54, 1.807) is 38.5 Å². The highest BCUT2D eigenvalue weighted by atomic mass is 19.1. The zero-order chi connectivity index (χ0) is 19.2. The molecular formula is C21H19FN2O3. The Labute approximate surface area is 156 Å². The third kappa shape index (κ3) is 4.36. The van der Waals surface area contributed by atoms with Gasteiger partial charge in [-0.3, -0.25) is 4.79 Å². The third-order valence-electron chi connectivity index (χ3n) is 3.93. The number of benzene rings is 3. The minimum Gasteiger partial charge on any atom is -0.493 e. The van der Waals surface area contributed by atoms with Gasteiger partial charge in [0.25, 0.3) is 5.91 Å². The quantitative estimate of drug-likeness (QED) is 0.655. The highest BCUT2D eigenvalue weighted by Crippen LogP contribution is 2.31. The number of amides is 1. The molecule has 0 saturated heterocycles. The zero-order valence-corrected chi connectivity index (χ0v) is 15.0. The van der Waals surface area contributed by atoms with Crippen LogP contribution in [0.15, 0.2) is 66.7 Å². The average molecular weight is 366 g/mol. The lowest BCUT2D eigenvalue weighted by Gasteiger charge is -2.12. The van der Waals surface area contributed by atoms with E-state index in [4.69, 9.17) is 9.47 Å². The summed E-state index contributed by atoms with van der Waals surface area (Å²) in [6, 6.07) is 18.5. The minimum atomic E-state index is -0.554. The molecule has 138 valence electrons. The number of nitrogens with one attached hydrogen (secondary N) is 2. The molecular weight excluding hydrogens is 347 g/mol. The van der Waals surface area contributed by atoms with Crippen LogP contribution in [-0.2, 0) is 0 Å². The van der Waals surface area contributed by atoms with Crippen molar-refractivity contribution < 1.29 is 18.7 Å². The summed E-state index contributed by atoms with van der Waals surface area (Å²) < 4.78 is 24.2. The second-order valence-electron chi connectivity index (χ2n) is 5.71. The fourth-order valence-electron chi connectivity index (χ4n) is 2.56. The van der Waals surface area contributed by atoms with Gasteiger partial charge in [-0.1, -0.05) is 12.1 Å². The lowest BCUT2D eigenvalue weighted by Crippen LogP contribution is -2.13. The van der Waals surface area contributed by atoms with Crippen LogP contribution in [0.1, 0.15) is 10.4 Å². The summed E-state index contributed by atoms with van der Waals surface area (Å²) in [4.78, 5) is 12.1. The van der Waals surface area contributed by atoms with Crippen LogP contribution in [-0.4, -0.2) is 20.1 Å². The summed E-state index contributed by atoms with van der Waals surface area (Å²) in [5, 5.41) is 5.92. The van der Waals surface area contributed by atoms with E-state index in [9.17, 15) is 9.18 Å². The summed E-state index contributed by atoms with van der Waals surface area (Å²) in [6.45, 7) is 0. The largest absolute Gasteiger partial charge is 0.493 e. The molecule has 6 heteroatoms. The van der Waals surface area contributed by atoms with Crippen LogP contribution in [0.25, 0.3) is 0 Å². The molecule has 0 saturated carbocycles. The van der Waals surface area contributed by atoms with Crippen molar-refractivity contribution >= 4 is 23.0 Å². The van der Waals surface area contributed by atoms with Crippen LogP contribution in [0.2, 0.25) is 0 Å². The predicted molar refractivity (Wildman–Crippen MR) is 104 cm³/mol. The Hall–Kier alpha value is -3.54. The molecule has 0 bridgehead atoms. The molecule has 0 aliphatic heterocycles. The van der Waals surface area contributed by atoms with E-state index in [0.717, 1.165) is 11.4 Å². The van der Waals surface area contributed by atoms with E-state index in [1.165, 1.54) is 12.1 Å². The van der Waals surface area contributed by atoms with Gasteiger partial charge in [-0.15, -0.1) is 0 Å². The molecule has 0 spiro atoms. The number of halogens is 1. The highest BCUT2D eigenvalue weighted by Gasteiger charge is 2.11. The van der Waals surface area contributed by atoms with Crippen LogP contribution >= 0.6 is 0 Å². The van der Waals surface area contributed by atoms with E-state index >= 15 is 0 Å². The van der Waals surface area contributed by atoms with Gasteiger partial charge in [-0.25, -0.2) is 4.39 Å². The van der Waals surface area contributed by atoms with Crippen molar-refractivity contribution in [3.63, 3.8) is 0 Å². The Morgan fingerprint density at radius 3 is 2.11 bits per heavy atom. The lowest BCUT2D eigenvalue weighted by atomic mass is 10.2. The van der Waals surface area contributed by atoms with Crippen LogP contribution in [0, 0.1) is 5.82 Å². The predicted octanol–water partition coefficient (Wildman–Crippen LogP) is 4.84. The number of hydrogen-bond donors (Lipinski definition) is 2. The van der Waals surface area contributed by atoms with Gasteiger partial charge in [-0.05, 0) is 48.5 Å². The standard InChI is InChI=1S/C21H19FN2O3/c1-26-19-12-11-16(13-20(19)27-2)23-14-7-9-15(10-8-14)24-21(25)17-5-3-4-6-18(17)22/h3-13,23H,1-2H3,(H,24,25). The first-order valence-electron chi connectivity index (χ1n) is 8.25. The highest BCUT2D eigenvalue weighted by molar-refractivity contribution is 6.04. The third-order valence-corrected chi connectivity index (χ3v) is 3.93. The van der Waals surface area contributed by atoms with E-state index in [1.807, 2.05) is 30.3 Å². The molecule has 3 aromatic rings. The number of methoxy groups -OCH3 is 2. The summed E-state index contributed by atoms with van der Waals surface area (Å²) in [7, 11) is 3.16. The Balaban J connectivity index is 1.69. The van der Waals surface area contributed by atoms with E-state index < -0.39 is 11.7 Å². The van der Waals surface area contributed by atoms with Crippen molar-refractivity contribution in [2.24, 2.45) is 0 Å². The fraction of sp³-hybridized carbons (Fsp3) is 0.0952. The van der Waals surface area contributed by atoms with Crippen molar-refractivity contribution in [3.05, 3.63) is 78.1 Å². The zero-order valence-electron chi connectivity index (χ0n) is 15.0. The van der Waals surface area contributed by atoms with Crippen LogP contribution in [0.5, 0.6) is 11.5 Å². The molecule has 2 N–H and O–H groups in total. The van der Waals surface area contributed by atoms with Crippen molar-refractivity contribution in [1.82, 2.24) is 0 Å². The van der Waals surface area contributed by atoms with Crippen LogP contribution in [0.3, 0.4) is 0 Å². The molecule has 3 aromatic carbocycles. The van der Waals surface area contributed by atoms with Crippen molar-refractivity contribution in [2.45, 2.75) is 0 Å². The maximum atomic E-state index is 13.7. The Kier molecular flexibility index (Phi) is 5.56. The van der Waals surface area contributed by atoms with Crippen molar-refractivity contribution in [1.29, 1.82) is 0 Å². The Morgan fingerprint density at radius 1 is 0.815 bits per heavy atom. The van der Waals surface area contributed by atoms with Gasteiger partial charge in [0, 0.05) is 23.1 Å². The Morgan fingerprint density at radius 2 is 1.44 bits per heavy atom. The number of carbonyl (C=O) groups excluding carboxylic acids is 1. The molecule has 3 rings (SSSR count). The van der Waals surface area contributed by atoms with Gasteiger partial charge in [0.15, 0.2) is 11.5 Å². The molecule has 0 atom stereocenters. The summed E-state index contributed by atoms with van der Waals surface area (Å²) >= 11 is 0. The van der Waals surface area contributed by atoms with Gasteiger partial charge in [0.2, 0.25) is 0 Å². The molecule has 0 fully saturated rings. The smallest absolute Gasteiger partial charge is 0.258 e. The molecule has 0 unspecified atom stereocenters. The van der Waals surface area contributed by atoms with Crippen LogP contribution in [0.4, 0.5) is 21.5 Å². The summed E-state index contributed by atoms with van der Waals surface area (Å²) in [5.41, 5.74) is 2.23. The monoisotopic (exact) mass is 366 g/mol. The SMILES string of the molecule is COc1ccc(Nc2ccc(NC(=O)c3ccccc3F)cc2)cc1OC. The number of carbonyl (C=O) groups is 1. The molecule has 0 heterocycles. The number of ether oxygens (including phenoxy) is 2. The van der Waals surface area contributed by atoms with Crippen LogP contribution < -0.4 is 20.1 Å². The molecule has 0 aliphatic rings. The molecule has 5 nitrogen and oxygen atoms in total. The van der Waals surface area contributed by atoms with E-state index in [0.29, 0.717) is 17.2 Å².